The molecule has 0 aliphatic heterocycles. The Morgan fingerprint density at radius 3 is 2.53 bits per heavy atom. The second-order valence-corrected chi connectivity index (χ2v) is 13.6. The Morgan fingerprint density at radius 2 is 1.87 bits per heavy atom. The van der Waals surface area contributed by atoms with Crippen LogP contribution >= 0.6 is 11.3 Å². The molecule has 1 fully saturated rings. The van der Waals surface area contributed by atoms with Crippen molar-refractivity contribution < 1.29 is 17.9 Å². The number of ether oxygens (including phenoxy) is 1. The van der Waals surface area contributed by atoms with Crippen LogP contribution in [-0.4, -0.2) is 41.9 Å². The van der Waals surface area contributed by atoms with Gasteiger partial charge in [0.25, 0.3) is 5.56 Å². The number of hydrogen-bond acceptors (Lipinski definition) is 8. The first kappa shape index (κ1) is 27.8. The number of sulfone groups is 1. The van der Waals surface area contributed by atoms with Gasteiger partial charge in [0.1, 0.15) is 5.69 Å². The van der Waals surface area contributed by atoms with E-state index in [0.29, 0.717) is 16.9 Å². The first-order chi connectivity index (χ1) is 18.0. The van der Waals surface area contributed by atoms with Crippen molar-refractivity contribution >= 4 is 38.6 Å². The first-order valence-electron chi connectivity index (χ1n) is 12.8. The number of benzene rings is 1. The molecule has 3 aromatic rings. The first-order valence-corrected chi connectivity index (χ1v) is 15.2. The summed E-state index contributed by atoms with van der Waals surface area (Å²) in [6.45, 7) is 6.96. The van der Waals surface area contributed by atoms with Crippen molar-refractivity contribution in [3.63, 3.8) is 0 Å². The molecule has 38 heavy (non-hydrogen) atoms. The number of nitrogens with zero attached hydrogens (tertiary/aromatic N) is 1. The molecule has 0 atom stereocenters. The Kier molecular flexibility index (Phi) is 8.57. The molecule has 1 saturated carbocycles. The van der Waals surface area contributed by atoms with Crippen LogP contribution in [0, 0.1) is 0 Å². The second-order valence-electron chi connectivity index (χ2n) is 10.1. The number of carbonyl (C=O) groups excluding carboxylic acids is 1. The van der Waals surface area contributed by atoms with Crippen LogP contribution < -0.4 is 16.2 Å². The van der Waals surface area contributed by atoms with Gasteiger partial charge in [-0.2, -0.15) is 0 Å². The van der Waals surface area contributed by atoms with Crippen LogP contribution in [0.4, 0.5) is 16.2 Å². The summed E-state index contributed by atoms with van der Waals surface area (Å²) in [6, 6.07) is 8.54. The molecule has 1 aliphatic carbocycles. The van der Waals surface area contributed by atoms with Crippen LogP contribution in [0.25, 0.3) is 10.4 Å². The molecule has 9 nitrogen and oxygen atoms in total. The number of H-pyrrole nitrogens is 1. The Hall–Kier alpha value is -3.18. The number of carbonyl (C=O) groups is 1. The van der Waals surface area contributed by atoms with Gasteiger partial charge >= 0.3 is 6.09 Å². The summed E-state index contributed by atoms with van der Waals surface area (Å²) in [5, 5.41) is 6.32. The molecule has 2 heterocycles. The molecule has 1 aliphatic rings. The van der Waals surface area contributed by atoms with Crippen molar-refractivity contribution in [2.75, 3.05) is 5.32 Å². The van der Waals surface area contributed by atoms with Gasteiger partial charge in [-0.05, 0) is 77.6 Å². The highest BCUT2D eigenvalue weighted by molar-refractivity contribution is 7.92. The van der Waals surface area contributed by atoms with E-state index in [9.17, 15) is 18.0 Å². The van der Waals surface area contributed by atoms with Crippen LogP contribution in [0.3, 0.4) is 0 Å². The molecule has 1 aromatic carbocycles. The van der Waals surface area contributed by atoms with Crippen molar-refractivity contribution in [3.8, 4) is 10.4 Å². The number of nitrogens with one attached hydrogen (secondary N) is 3. The van der Waals surface area contributed by atoms with Crippen LogP contribution in [-0.2, 0) is 14.6 Å². The van der Waals surface area contributed by atoms with Gasteiger partial charge in [-0.25, -0.2) is 18.2 Å². The summed E-state index contributed by atoms with van der Waals surface area (Å²) in [6.07, 6.45) is 6.17. The van der Waals surface area contributed by atoms with Crippen molar-refractivity contribution in [2.24, 2.45) is 0 Å². The molecule has 4 rings (SSSR count). The predicted octanol–water partition coefficient (Wildman–Crippen LogP) is 5.58. The maximum Gasteiger partial charge on any atom is 0.407 e. The third-order valence-electron chi connectivity index (χ3n) is 6.54. The number of alkyl carbamates (subject to hydrolysis) is 1. The van der Waals surface area contributed by atoms with Crippen molar-refractivity contribution in [1.29, 1.82) is 0 Å². The fourth-order valence-corrected chi connectivity index (χ4v) is 6.94. The Balaban J connectivity index is 1.55. The minimum atomic E-state index is -3.62. The Labute approximate surface area is 227 Å². The summed E-state index contributed by atoms with van der Waals surface area (Å²) in [5.41, 5.74) is 1.15. The normalized spacial score (nSPS) is 17.9. The average molecular weight is 559 g/mol. The van der Waals surface area contributed by atoms with Gasteiger partial charge in [-0.15, -0.1) is 11.3 Å². The highest BCUT2D eigenvalue weighted by Crippen LogP contribution is 2.40. The fraction of sp³-hybridized carbons (Fsp3) is 0.444. The van der Waals surface area contributed by atoms with E-state index < -0.39 is 15.1 Å². The summed E-state index contributed by atoms with van der Waals surface area (Å²) in [5.74, 6) is 0.254. The van der Waals surface area contributed by atoms with Gasteiger partial charge in [-0.1, -0.05) is 6.07 Å². The van der Waals surface area contributed by atoms with Gasteiger partial charge in [-0.3, -0.25) is 4.79 Å². The van der Waals surface area contributed by atoms with Gasteiger partial charge < -0.3 is 20.4 Å². The predicted molar refractivity (Wildman–Crippen MR) is 150 cm³/mol. The molecule has 1 amide bonds. The quantitative estimate of drug-likeness (QED) is 0.329. The maximum absolute atomic E-state index is 13.3. The molecule has 0 bridgehead atoms. The van der Waals surface area contributed by atoms with E-state index in [1.807, 2.05) is 13.8 Å². The molecule has 2 aromatic heterocycles. The number of aromatic nitrogens is 2. The van der Waals surface area contributed by atoms with E-state index in [1.54, 1.807) is 50.4 Å². The van der Waals surface area contributed by atoms with E-state index in [4.69, 9.17) is 4.74 Å². The Bertz CT molecular complexity index is 1440. The molecule has 0 saturated heterocycles. The van der Waals surface area contributed by atoms with Gasteiger partial charge in [0.05, 0.1) is 26.1 Å². The molecule has 3 N–H and O–H groups in total. The average Bonchev–Trinajstić information content (AvgIpc) is 3.35. The van der Waals surface area contributed by atoms with E-state index in [0.717, 1.165) is 35.6 Å². The van der Waals surface area contributed by atoms with Crippen molar-refractivity contribution in [3.05, 3.63) is 58.1 Å². The topological polar surface area (TPSA) is 130 Å². The molecule has 0 spiro atoms. The SMILES string of the molecule is CC(C)OC(=O)N[C@H]1CC[C@H](c2ncc(-c3ccc(Nc4ccc[nH]c4=O)cc3S(=O)(=O)C(C)C)s2)CC1. The van der Waals surface area contributed by atoms with Crippen LogP contribution in [0.5, 0.6) is 0 Å². The lowest BCUT2D eigenvalue weighted by molar-refractivity contribution is 0.109. The van der Waals surface area contributed by atoms with E-state index in [-0.39, 0.29) is 34.6 Å². The number of thiazole rings is 1. The summed E-state index contributed by atoms with van der Waals surface area (Å²) in [7, 11) is -3.62. The molecule has 0 radical (unpaired) electrons. The lowest BCUT2D eigenvalue weighted by Gasteiger charge is -2.28. The molecule has 11 heteroatoms. The second kappa shape index (κ2) is 11.7. The van der Waals surface area contributed by atoms with Gasteiger partial charge in [0.15, 0.2) is 9.84 Å². The summed E-state index contributed by atoms with van der Waals surface area (Å²) >= 11 is 1.51. The Morgan fingerprint density at radius 1 is 1.13 bits per heavy atom. The number of amides is 1. The van der Waals surface area contributed by atoms with Crippen LogP contribution in [0.2, 0.25) is 0 Å². The number of rotatable bonds is 8. The summed E-state index contributed by atoms with van der Waals surface area (Å²) in [4.78, 5) is 32.3. The molecular formula is C27H34N4O5S2. The van der Waals surface area contributed by atoms with Gasteiger partial charge in [0.2, 0.25) is 0 Å². The largest absolute Gasteiger partial charge is 0.447 e. The number of anilines is 2. The zero-order chi connectivity index (χ0) is 27.4. The lowest BCUT2D eigenvalue weighted by atomic mass is 9.86. The maximum atomic E-state index is 13.3. The zero-order valence-corrected chi connectivity index (χ0v) is 23.6. The standard InChI is InChI=1S/C27H34N4O5S2/c1-16(2)36-27(33)31-19-9-7-18(8-10-19)26-29-15-23(37-26)21-12-11-20(14-24(21)38(34,35)17(3)4)30-22-6-5-13-28-25(22)32/h5-6,11-19,30H,7-10H2,1-4H3,(H,28,32)(H,31,33)/t18-,19-. The van der Waals surface area contributed by atoms with Crippen LogP contribution in [0.15, 0.2) is 52.4 Å². The highest BCUT2D eigenvalue weighted by Gasteiger charge is 2.28. The van der Waals surface area contributed by atoms with Crippen LogP contribution in [0.1, 0.15) is 64.3 Å². The smallest absolute Gasteiger partial charge is 0.407 e. The molecule has 0 unspecified atom stereocenters. The van der Waals surface area contributed by atoms with Gasteiger partial charge in [0, 0.05) is 35.6 Å². The summed E-state index contributed by atoms with van der Waals surface area (Å²) < 4.78 is 31.9. The van der Waals surface area contributed by atoms with E-state index in [1.165, 1.54) is 17.5 Å². The minimum Gasteiger partial charge on any atom is -0.447 e. The van der Waals surface area contributed by atoms with Crippen molar-refractivity contribution in [2.45, 2.75) is 81.6 Å². The number of aromatic amines is 1. The monoisotopic (exact) mass is 558 g/mol. The number of hydrogen-bond donors (Lipinski definition) is 3. The fourth-order valence-electron chi connectivity index (χ4n) is 4.47. The third kappa shape index (κ3) is 6.44. The lowest BCUT2D eigenvalue weighted by Crippen LogP contribution is -2.38. The highest BCUT2D eigenvalue weighted by atomic mass is 32.2. The molecular weight excluding hydrogens is 524 g/mol. The zero-order valence-electron chi connectivity index (χ0n) is 22.0. The molecule has 204 valence electrons. The van der Waals surface area contributed by atoms with Crippen molar-refractivity contribution in [1.82, 2.24) is 15.3 Å². The number of pyridine rings is 1. The van der Waals surface area contributed by atoms with E-state index in [2.05, 4.69) is 20.6 Å². The van der Waals surface area contributed by atoms with E-state index >= 15 is 0 Å². The third-order valence-corrected chi connectivity index (χ3v) is 9.92. The minimum absolute atomic E-state index is 0.0802.